The molecule has 2 heterocycles. The van der Waals surface area contributed by atoms with Gasteiger partial charge in [-0.2, -0.15) is 0 Å². The average molecular weight is 414 g/mol. The molecule has 152 valence electrons. The quantitative estimate of drug-likeness (QED) is 0.654. The SMILES string of the molecule is CCOc1ccc(-n2c(O)cc(N3CCN(c4ccc(Cl)cc4)CC3)c2O)cc1. The molecule has 1 aromatic heterocycles. The zero-order chi connectivity index (χ0) is 20.4. The van der Waals surface area contributed by atoms with Gasteiger partial charge in [-0.05, 0) is 55.5 Å². The zero-order valence-electron chi connectivity index (χ0n) is 16.3. The van der Waals surface area contributed by atoms with Crippen LogP contribution in [0, 0.1) is 0 Å². The van der Waals surface area contributed by atoms with Crippen LogP contribution in [0.4, 0.5) is 11.4 Å². The van der Waals surface area contributed by atoms with Gasteiger partial charge in [-0.25, -0.2) is 4.57 Å². The molecule has 0 unspecified atom stereocenters. The van der Waals surface area contributed by atoms with Gasteiger partial charge in [-0.1, -0.05) is 11.6 Å². The van der Waals surface area contributed by atoms with Crippen molar-refractivity contribution in [3.05, 3.63) is 59.6 Å². The molecule has 3 aromatic rings. The summed E-state index contributed by atoms with van der Waals surface area (Å²) in [7, 11) is 0. The van der Waals surface area contributed by atoms with Crippen LogP contribution in [0.5, 0.6) is 17.5 Å². The Morgan fingerprint density at radius 3 is 2.07 bits per heavy atom. The van der Waals surface area contributed by atoms with E-state index in [0.717, 1.165) is 42.6 Å². The molecule has 2 N–H and O–H groups in total. The number of rotatable bonds is 5. The number of nitrogens with zero attached hydrogens (tertiary/aromatic N) is 3. The largest absolute Gasteiger partial charge is 0.494 e. The first-order valence-corrected chi connectivity index (χ1v) is 10.1. The fourth-order valence-electron chi connectivity index (χ4n) is 3.68. The van der Waals surface area contributed by atoms with Crippen LogP contribution in [0.2, 0.25) is 5.02 Å². The summed E-state index contributed by atoms with van der Waals surface area (Å²) in [6, 6.07) is 16.7. The molecule has 0 spiro atoms. The van der Waals surface area contributed by atoms with E-state index in [-0.39, 0.29) is 11.8 Å². The molecule has 0 aliphatic carbocycles. The number of piperazine rings is 1. The van der Waals surface area contributed by atoms with Gasteiger partial charge in [0.1, 0.15) is 11.4 Å². The van der Waals surface area contributed by atoms with E-state index in [2.05, 4.69) is 9.80 Å². The molecule has 1 aliphatic heterocycles. The van der Waals surface area contributed by atoms with Crippen molar-refractivity contribution in [2.75, 3.05) is 42.6 Å². The summed E-state index contributed by atoms with van der Waals surface area (Å²) in [5.41, 5.74) is 2.44. The Kier molecular flexibility index (Phi) is 5.45. The first-order valence-electron chi connectivity index (χ1n) is 9.69. The second-order valence-electron chi connectivity index (χ2n) is 6.92. The van der Waals surface area contributed by atoms with Crippen LogP contribution in [0.15, 0.2) is 54.6 Å². The van der Waals surface area contributed by atoms with Crippen LogP contribution in [-0.2, 0) is 0 Å². The van der Waals surface area contributed by atoms with Gasteiger partial charge in [0.2, 0.25) is 11.8 Å². The summed E-state index contributed by atoms with van der Waals surface area (Å²) in [4.78, 5) is 4.37. The molecule has 2 aromatic carbocycles. The molecule has 0 atom stereocenters. The minimum absolute atomic E-state index is 0.00166. The Hall–Kier alpha value is -2.99. The van der Waals surface area contributed by atoms with Gasteiger partial charge in [-0.3, -0.25) is 0 Å². The van der Waals surface area contributed by atoms with Gasteiger partial charge in [0.25, 0.3) is 0 Å². The fourth-order valence-corrected chi connectivity index (χ4v) is 3.80. The van der Waals surface area contributed by atoms with Crippen LogP contribution >= 0.6 is 11.6 Å². The topological polar surface area (TPSA) is 61.1 Å². The van der Waals surface area contributed by atoms with Crippen molar-refractivity contribution < 1.29 is 14.9 Å². The predicted molar refractivity (Wildman–Crippen MR) is 116 cm³/mol. The molecule has 0 saturated carbocycles. The molecule has 1 fully saturated rings. The summed E-state index contributed by atoms with van der Waals surface area (Å²) in [5.74, 6) is 0.786. The number of halogens is 1. The molecule has 1 saturated heterocycles. The van der Waals surface area contributed by atoms with Crippen molar-refractivity contribution >= 4 is 23.0 Å². The highest BCUT2D eigenvalue weighted by Gasteiger charge is 2.24. The first-order chi connectivity index (χ1) is 14.1. The van der Waals surface area contributed by atoms with Gasteiger partial charge >= 0.3 is 0 Å². The van der Waals surface area contributed by atoms with E-state index in [9.17, 15) is 10.2 Å². The number of aromatic hydroxyl groups is 2. The van der Waals surface area contributed by atoms with E-state index in [0.29, 0.717) is 18.0 Å². The smallest absolute Gasteiger partial charge is 0.223 e. The third kappa shape index (κ3) is 3.93. The third-order valence-electron chi connectivity index (χ3n) is 5.15. The molecule has 6 nitrogen and oxygen atoms in total. The number of ether oxygens (including phenoxy) is 1. The van der Waals surface area contributed by atoms with Gasteiger partial charge < -0.3 is 24.7 Å². The number of anilines is 2. The number of benzene rings is 2. The zero-order valence-corrected chi connectivity index (χ0v) is 17.0. The minimum Gasteiger partial charge on any atom is -0.494 e. The normalized spacial score (nSPS) is 14.3. The molecule has 0 amide bonds. The van der Waals surface area contributed by atoms with Crippen molar-refractivity contribution in [2.24, 2.45) is 0 Å². The van der Waals surface area contributed by atoms with E-state index < -0.39 is 0 Å². The molecule has 0 radical (unpaired) electrons. The molecule has 29 heavy (non-hydrogen) atoms. The summed E-state index contributed by atoms with van der Waals surface area (Å²) in [5, 5.41) is 22.0. The molecular weight excluding hydrogens is 390 g/mol. The van der Waals surface area contributed by atoms with Crippen LogP contribution < -0.4 is 14.5 Å². The first kappa shape index (κ1) is 19.3. The molecule has 1 aliphatic rings. The van der Waals surface area contributed by atoms with E-state index in [4.69, 9.17) is 16.3 Å². The van der Waals surface area contributed by atoms with Gasteiger partial charge in [-0.15, -0.1) is 0 Å². The highest BCUT2D eigenvalue weighted by atomic mass is 35.5. The van der Waals surface area contributed by atoms with E-state index in [1.165, 1.54) is 4.57 Å². The summed E-state index contributed by atoms with van der Waals surface area (Å²) in [6.07, 6.45) is 0. The Balaban J connectivity index is 1.50. The lowest BCUT2D eigenvalue weighted by molar-refractivity contribution is 0.340. The Morgan fingerprint density at radius 2 is 1.45 bits per heavy atom. The minimum atomic E-state index is 0.00166. The highest BCUT2D eigenvalue weighted by Crippen LogP contribution is 2.38. The summed E-state index contributed by atoms with van der Waals surface area (Å²) >= 11 is 5.98. The van der Waals surface area contributed by atoms with E-state index >= 15 is 0 Å². The van der Waals surface area contributed by atoms with Crippen molar-refractivity contribution in [2.45, 2.75) is 6.92 Å². The monoisotopic (exact) mass is 413 g/mol. The van der Waals surface area contributed by atoms with Crippen LogP contribution in [0.3, 0.4) is 0 Å². The maximum absolute atomic E-state index is 10.8. The number of hydrogen-bond acceptors (Lipinski definition) is 5. The lowest BCUT2D eigenvalue weighted by Gasteiger charge is -2.37. The van der Waals surface area contributed by atoms with Crippen LogP contribution in [0.25, 0.3) is 5.69 Å². The van der Waals surface area contributed by atoms with E-state index in [1.54, 1.807) is 6.07 Å². The number of aromatic nitrogens is 1. The van der Waals surface area contributed by atoms with Crippen molar-refractivity contribution in [3.8, 4) is 23.2 Å². The average Bonchev–Trinajstić information content (AvgIpc) is 3.04. The second kappa shape index (κ2) is 8.17. The fraction of sp³-hybridized carbons (Fsp3) is 0.273. The van der Waals surface area contributed by atoms with E-state index in [1.807, 2.05) is 55.5 Å². The molecular formula is C22H24ClN3O3. The summed E-state index contributed by atoms with van der Waals surface area (Å²) in [6.45, 7) is 5.62. The van der Waals surface area contributed by atoms with Crippen LogP contribution in [-0.4, -0.2) is 47.6 Å². The maximum Gasteiger partial charge on any atom is 0.223 e. The van der Waals surface area contributed by atoms with Gasteiger partial charge in [0, 0.05) is 43.0 Å². The highest BCUT2D eigenvalue weighted by molar-refractivity contribution is 6.30. The van der Waals surface area contributed by atoms with Gasteiger partial charge in [0.15, 0.2) is 0 Å². The molecule has 0 bridgehead atoms. The van der Waals surface area contributed by atoms with Gasteiger partial charge in [0.05, 0.1) is 12.3 Å². The third-order valence-corrected chi connectivity index (χ3v) is 5.41. The second-order valence-corrected chi connectivity index (χ2v) is 7.36. The standard InChI is InChI=1S/C22H24ClN3O3/c1-2-29-19-9-7-18(8-10-19)26-21(27)15-20(22(26)28)25-13-11-24(12-14-25)17-5-3-16(23)4-6-17/h3-10,15,27-28H,2,11-14H2,1H3. The number of hydrogen-bond donors (Lipinski definition) is 2. The molecule has 4 rings (SSSR count). The Bertz CT molecular complexity index is 962. The lowest BCUT2D eigenvalue weighted by Crippen LogP contribution is -2.46. The van der Waals surface area contributed by atoms with Crippen molar-refractivity contribution in [1.29, 1.82) is 0 Å². The maximum atomic E-state index is 10.8. The summed E-state index contributed by atoms with van der Waals surface area (Å²) < 4.78 is 6.90. The Morgan fingerprint density at radius 1 is 0.862 bits per heavy atom. The Labute approximate surface area is 175 Å². The van der Waals surface area contributed by atoms with Crippen LogP contribution in [0.1, 0.15) is 6.92 Å². The predicted octanol–water partition coefficient (Wildman–Crippen LogP) is 4.27. The van der Waals surface area contributed by atoms with Crippen molar-refractivity contribution in [1.82, 2.24) is 4.57 Å². The molecule has 7 heteroatoms. The van der Waals surface area contributed by atoms with Crippen molar-refractivity contribution in [3.63, 3.8) is 0 Å². The lowest BCUT2D eigenvalue weighted by atomic mass is 10.2.